The van der Waals surface area contributed by atoms with Gasteiger partial charge in [0, 0.05) is 18.6 Å². The lowest BCUT2D eigenvalue weighted by Crippen LogP contribution is -2.23. The van der Waals surface area contributed by atoms with Crippen molar-refractivity contribution in [2.75, 3.05) is 6.54 Å². The number of hydrogen-bond donors (Lipinski definition) is 1. The molecule has 0 fully saturated rings. The summed E-state index contributed by atoms with van der Waals surface area (Å²) in [6.45, 7) is 6.91. The third-order valence-electron chi connectivity index (χ3n) is 2.73. The topological polar surface area (TPSA) is 50.7 Å². The molecule has 2 aromatic rings. The quantitative estimate of drug-likeness (QED) is 0.893. The first-order valence-corrected chi connectivity index (χ1v) is 6.15. The third kappa shape index (κ3) is 2.90. The van der Waals surface area contributed by atoms with Gasteiger partial charge >= 0.3 is 0 Å². The summed E-state index contributed by atoms with van der Waals surface area (Å²) in [6.07, 6.45) is 5.54. The molecule has 4 nitrogen and oxygen atoms in total. The summed E-state index contributed by atoms with van der Waals surface area (Å²) in [5.74, 6) is 0.788. The van der Waals surface area contributed by atoms with Crippen LogP contribution in [0.1, 0.15) is 35.6 Å². The maximum absolute atomic E-state index is 4.50. The predicted octanol–water partition coefficient (Wildman–Crippen LogP) is 2.19. The summed E-state index contributed by atoms with van der Waals surface area (Å²) in [7, 11) is 0. The zero-order chi connectivity index (χ0) is 13.0. The van der Waals surface area contributed by atoms with Crippen molar-refractivity contribution in [1.82, 2.24) is 20.3 Å². The minimum atomic E-state index is 0.0732. The van der Waals surface area contributed by atoms with Crippen LogP contribution in [0.2, 0.25) is 0 Å². The van der Waals surface area contributed by atoms with Crippen LogP contribution in [0.25, 0.3) is 0 Å². The molecule has 0 aromatic carbocycles. The fourth-order valence-electron chi connectivity index (χ4n) is 1.97. The van der Waals surface area contributed by atoms with E-state index >= 15 is 0 Å². The Kier molecular flexibility index (Phi) is 3.99. The predicted molar refractivity (Wildman–Crippen MR) is 71.3 cm³/mol. The maximum Gasteiger partial charge on any atom is 0.125 e. The van der Waals surface area contributed by atoms with Gasteiger partial charge in [-0.2, -0.15) is 0 Å². The van der Waals surface area contributed by atoms with E-state index in [9.17, 15) is 0 Å². The summed E-state index contributed by atoms with van der Waals surface area (Å²) in [5, 5.41) is 3.44. The molecule has 0 aliphatic rings. The van der Waals surface area contributed by atoms with Crippen LogP contribution < -0.4 is 5.32 Å². The summed E-state index contributed by atoms with van der Waals surface area (Å²) >= 11 is 0. The van der Waals surface area contributed by atoms with Crippen LogP contribution in [0.5, 0.6) is 0 Å². The molecular weight excluding hydrogens is 224 g/mol. The summed E-state index contributed by atoms with van der Waals surface area (Å²) in [5.41, 5.74) is 3.27. The van der Waals surface area contributed by atoms with E-state index in [4.69, 9.17) is 0 Å². The minimum Gasteiger partial charge on any atom is -0.305 e. The van der Waals surface area contributed by atoms with E-state index in [0.29, 0.717) is 0 Å². The standard InChI is InChI=1S/C14H18N4/c1-4-16-14(12-7-10(2)8-15-9-12)13-5-6-17-11(3)18-13/h5-9,14,16H,4H2,1-3H3. The maximum atomic E-state index is 4.50. The van der Waals surface area contributed by atoms with E-state index in [0.717, 1.165) is 29.2 Å². The Hall–Kier alpha value is -1.81. The molecule has 2 heterocycles. The lowest BCUT2D eigenvalue weighted by atomic mass is 10.0. The lowest BCUT2D eigenvalue weighted by molar-refractivity contribution is 0.609. The highest BCUT2D eigenvalue weighted by atomic mass is 15.0. The van der Waals surface area contributed by atoms with E-state index < -0.39 is 0 Å². The van der Waals surface area contributed by atoms with Crippen molar-refractivity contribution >= 4 is 0 Å². The van der Waals surface area contributed by atoms with Gasteiger partial charge < -0.3 is 5.32 Å². The molecule has 18 heavy (non-hydrogen) atoms. The minimum absolute atomic E-state index is 0.0732. The van der Waals surface area contributed by atoms with Gasteiger partial charge in [0.2, 0.25) is 0 Å². The molecule has 94 valence electrons. The molecule has 0 bridgehead atoms. The first-order chi connectivity index (χ1) is 8.70. The van der Waals surface area contributed by atoms with Crippen molar-refractivity contribution in [3.63, 3.8) is 0 Å². The zero-order valence-electron chi connectivity index (χ0n) is 11.0. The SMILES string of the molecule is CCNC(c1cncc(C)c1)c1ccnc(C)n1. The van der Waals surface area contributed by atoms with E-state index in [1.54, 1.807) is 6.20 Å². The van der Waals surface area contributed by atoms with Gasteiger partial charge in [0.1, 0.15) is 5.82 Å². The molecule has 2 rings (SSSR count). The molecule has 4 heteroatoms. The van der Waals surface area contributed by atoms with Crippen LogP contribution in [-0.4, -0.2) is 21.5 Å². The molecule has 0 aliphatic carbocycles. The fraction of sp³-hybridized carbons (Fsp3) is 0.357. The highest BCUT2D eigenvalue weighted by Crippen LogP contribution is 2.20. The molecule has 0 amide bonds. The molecule has 1 unspecified atom stereocenters. The lowest BCUT2D eigenvalue weighted by Gasteiger charge is -2.18. The van der Waals surface area contributed by atoms with Gasteiger partial charge in [-0.05, 0) is 37.6 Å². The number of nitrogens with zero attached hydrogens (tertiary/aromatic N) is 3. The molecule has 2 aromatic heterocycles. The Morgan fingerprint density at radius 2 is 2.11 bits per heavy atom. The van der Waals surface area contributed by atoms with Crippen LogP contribution in [-0.2, 0) is 0 Å². The second kappa shape index (κ2) is 5.69. The molecule has 1 atom stereocenters. The summed E-state index contributed by atoms with van der Waals surface area (Å²) in [4.78, 5) is 12.9. The number of pyridine rings is 1. The molecule has 0 saturated carbocycles. The number of aromatic nitrogens is 3. The van der Waals surface area contributed by atoms with Gasteiger partial charge in [-0.3, -0.25) is 4.98 Å². The number of nitrogens with one attached hydrogen (secondary N) is 1. The van der Waals surface area contributed by atoms with Crippen LogP contribution in [0.4, 0.5) is 0 Å². The van der Waals surface area contributed by atoms with Crippen LogP contribution in [0, 0.1) is 13.8 Å². The Bertz CT molecular complexity index is 479. The van der Waals surface area contributed by atoms with Gasteiger partial charge in [-0.1, -0.05) is 13.0 Å². The normalized spacial score (nSPS) is 12.4. The van der Waals surface area contributed by atoms with Gasteiger partial charge in [0.15, 0.2) is 0 Å². The Balaban J connectivity index is 2.39. The first kappa shape index (κ1) is 12.6. The average Bonchev–Trinajstić information content (AvgIpc) is 2.36. The Labute approximate surface area is 108 Å². The molecule has 0 saturated heterocycles. The molecule has 0 radical (unpaired) electrons. The second-order valence-corrected chi connectivity index (χ2v) is 4.32. The molecule has 0 aliphatic heterocycles. The average molecular weight is 242 g/mol. The second-order valence-electron chi connectivity index (χ2n) is 4.32. The Morgan fingerprint density at radius 1 is 1.28 bits per heavy atom. The van der Waals surface area contributed by atoms with Crippen LogP contribution in [0.3, 0.4) is 0 Å². The van der Waals surface area contributed by atoms with Crippen molar-refractivity contribution < 1.29 is 0 Å². The van der Waals surface area contributed by atoms with E-state index in [-0.39, 0.29) is 6.04 Å². The van der Waals surface area contributed by atoms with E-state index in [1.165, 1.54) is 0 Å². The first-order valence-electron chi connectivity index (χ1n) is 6.15. The summed E-state index contributed by atoms with van der Waals surface area (Å²) < 4.78 is 0. The summed E-state index contributed by atoms with van der Waals surface area (Å²) in [6, 6.07) is 4.16. The van der Waals surface area contributed by atoms with Crippen molar-refractivity contribution in [1.29, 1.82) is 0 Å². The Morgan fingerprint density at radius 3 is 2.78 bits per heavy atom. The highest BCUT2D eigenvalue weighted by Gasteiger charge is 2.15. The smallest absolute Gasteiger partial charge is 0.125 e. The largest absolute Gasteiger partial charge is 0.305 e. The van der Waals surface area contributed by atoms with Crippen molar-refractivity contribution in [3.8, 4) is 0 Å². The molecule has 1 N–H and O–H groups in total. The highest BCUT2D eigenvalue weighted by molar-refractivity contribution is 5.27. The van der Waals surface area contributed by atoms with Crippen LogP contribution in [0.15, 0.2) is 30.7 Å². The molecule has 0 spiro atoms. The van der Waals surface area contributed by atoms with Crippen molar-refractivity contribution in [2.45, 2.75) is 26.8 Å². The van der Waals surface area contributed by atoms with Gasteiger partial charge in [0.05, 0.1) is 11.7 Å². The van der Waals surface area contributed by atoms with E-state index in [1.807, 2.05) is 32.3 Å². The fourth-order valence-corrected chi connectivity index (χ4v) is 1.97. The monoisotopic (exact) mass is 242 g/mol. The van der Waals surface area contributed by atoms with Gasteiger partial charge in [0.25, 0.3) is 0 Å². The number of hydrogen-bond acceptors (Lipinski definition) is 4. The van der Waals surface area contributed by atoms with E-state index in [2.05, 4.69) is 33.3 Å². The number of rotatable bonds is 4. The van der Waals surface area contributed by atoms with Gasteiger partial charge in [-0.15, -0.1) is 0 Å². The van der Waals surface area contributed by atoms with Gasteiger partial charge in [-0.25, -0.2) is 9.97 Å². The zero-order valence-corrected chi connectivity index (χ0v) is 11.0. The van der Waals surface area contributed by atoms with Crippen molar-refractivity contribution in [2.24, 2.45) is 0 Å². The number of aryl methyl sites for hydroxylation is 2. The van der Waals surface area contributed by atoms with Crippen LogP contribution >= 0.6 is 0 Å². The third-order valence-corrected chi connectivity index (χ3v) is 2.73. The molecular formula is C14H18N4. The van der Waals surface area contributed by atoms with Crippen molar-refractivity contribution in [3.05, 3.63) is 53.4 Å².